The van der Waals surface area contributed by atoms with Gasteiger partial charge >= 0.3 is 0 Å². The molecule has 1 saturated heterocycles. The lowest BCUT2D eigenvalue weighted by Gasteiger charge is -2.18. The highest BCUT2D eigenvalue weighted by Gasteiger charge is 2.30. The summed E-state index contributed by atoms with van der Waals surface area (Å²) in [5.74, 6) is -0.742. The summed E-state index contributed by atoms with van der Waals surface area (Å²) < 4.78 is 32.5. The minimum atomic E-state index is -3.77. The summed E-state index contributed by atoms with van der Waals surface area (Å²) in [6.45, 7) is 4.50. The topological polar surface area (TPSA) is 105 Å². The first-order valence-corrected chi connectivity index (χ1v) is 11.5. The second kappa shape index (κ2) is 9.49. The minimum Gasteiger partial charge on any atom is -0.495 e. The maximum absolute atomic E-state index is 13.0. The lowest BCUT2D eigenvalue weighted by molar-refractivity contribution is -0.115. The van der Waals surface area contributed by atoms with Crippen molar-refractivity contribution in [2.75, 3.05) is 32.1 Å². The number of amides is 2. The molecule has 0 radical (unpaired) electrons. The van der Waals surface area contributed by atoms with Crippen molar-refractivity contribution < 1.29 is 22.7 Å². The Kier molecular flexibility index (Phi) is 6.97. The van der Waals surface area contributed by atoms with E-state index in [9.17, 15) is 18.0 Å². The maximum Gasteiger partial charge on any atom is 0.251 e. The van der Waals surface area contributed by atoms with Crippen molar-refractivity contribution >= 4 is 27.5 Å². The first-order valence-electron chi connectivity index (χ1n) is 10.1. The summed E-state index contributed by atoms with van der Waals surface area (Å²) in [7, 11) is -2.38. The third kappa shape index (κ3) is 5.05. The van der Waals surface area contributed by atoms with Gasteiger partial charge in [0.15, 0.2) is 0 Å². The Morgan fingerprint density at radius 3 is 2.48 bits per heavy atom. The Bertz CT molecular complexity index is 1090. The average molecular weight is 446 g/mol. The highest BCUT2D eigenvalue weighted by molar-refractivity contribution is 7.89. The maximum atomic E-state index is 13.0. The molecule has 2 aromatic carbocycles. The van der Waals surface area contributed by atoms with Gasteiger partial charge in [0.05, 0.1) is 13.7 Å². The van der Waals surface area contributed by atoms with Crippen LogP contribution in [0.1, 0.15) is 34.3 Å². The molecule has 1 aliphatic heterocycles. The highest BCUT2D eigenvalue weighted by Crippen LogP contribution is 2.29. The van der Waals surface area contributed by atoms with E-state index in [-0.39, 0.29) is 28.7 Å². The van der Waals surface area contributed by atoms with Crippen LogP contribution in [0.5, 0.6) is 5.75 Å². The number of anilines is 1. The number of ether oxygens (including phenoxy) is 1. The first kappa shape index (κ1) is 22.8. The van der Waals surface area contributed by atoms with Gasteiger partial charge in [0.25, 0.3) is 5.91 Å². The number of aryl methyl sites for hydroxylation is 1. The van der Waals surface area contributed by atoms with Crippen LogP contribution in [0.2, 0.25) is 0 Å². The zero-order valence-corrected chi connectivity index (χ0v) is 18.7. The van der Waals surface area contributed by atoms with Crippen LogP contribution in [0, 0.1) is 13.8 Å². The van der Waals surface area contributed by atoms with E-state index in [1.54, 1.807) is 6.07 Å². The standard InChI is InChI=1S/C22H27N3O5S/c1-15-7-6-8-18(16(15)2)24-21(26)14-23-22(27)17-9-10-19(30-3)20(13-17)31(28,29)25-11-4-5-12-25/h6-10,13H,4-5,11-12,14H2,1-3H3,(H,23,27)(H,24,26). The number of hydrogen-bond acceptors (Lipinski definition) is 5. The van der Waals surface area contributed by atoms with Gasteiger partial charge in [-0.2, -0.15) is 4.31 Å². The molecule has 1 aliphatic rings. The quantitative estimate of drug-likeness (QED) is 0.681. The number of benzene rings is 2. The predicted molar refractivity (Wildman–Crippen MR) is 118 cm³/mol. The van der Waals surface area contributed by atoms with Gasteiger partial charge in [-0.05, 0) is 62.1 Å². The number of nitrogens with one attached hydrogen (secondary N) is 2. The molecule has 0 aliphatic carbocycles. The Hall–Kier alpha value is -2.91. The number of sulfonamides is 1. The molecule has 0 bridgehead atoms. The number of carbonyl (C=O) groups is 2. The molecule has 3 rings (SSSR count). The molecule has 0 aromatic heterocycles. The number of nitrogens with zero attached hydrogens (tertiary/aromatic N) is 1. The van der Waals surface area contributed by atoms with E-state index in [4.69, 9.17) is 4.74 Å². The molecule has 1 fully saturated rings. The Morgan fingerprint density at radius 2 is 1.81 bits per heavy atom. The van der Waals surface area contributed by atoms with E-state index in [0.717, 1.165) is 24.0 Å². The van der Waals surface area contributed by atoms with E-state index >= 15 is 0 Å². The largest absolute Gasteiger partial charge is 0.495 e. The number of rotatable bonds is 7. The molecule has 2 N–H and O–H groups in total. The molecule has 2 aromatic rings. The lowest BCUT2D eigenvalue weighted by Crippen LogP contribution is -2.33. The third-order valence-electron chi connectivity index (χ3n) is 5.40. The van der Waals surface area contributed by atoms with Gasteiger partial charge < -0.3 is 15.4 Å². The molecule has 31 heavy (non-hydrogen) atoms. The van der Waals surface area contributed by atoms with Crippen LogP contribution in [0.3, 0.4) is 0 Å². The molecule has 0 atom stereocenters. The number of hydrogen-bond donors (Lipinski definition) is 2. The van der Waals surface area contributed by atoms with Gasteiger partial charge in [-0.15, -0.1) is 0 Å². The molecule has 1 heterocycles. The van der Waals surface area contributed by atoms with E-state index in [2.05, 4.69) is 10.6 Å². The molecule has 166 valence electrons. The second-order valence-corrected chi connectivity index (χ2v) is 9.36. The van der Waals surface area contributed by atoms with Crippen molar-refractivity contribution in [3.05, 3.63) is 53.1 Å². The van der Waals surface area contributed by atoms with Crippen molar-refractivity contribution in [3.63, 3.8) is 0 Å². The van der Waals surface area contributed by atoms with E-state index in [0.29, 0.717) is 18.8 Å². The fourth-order valence-electron chi connectivity index (χ4n) is 3.43. The molecular formula is C22H27N3O5S. The molecular weight excluding hydrogens is 418 g/mol. The summed E-state index contributed by atoms with van der Waals surface area (Å²) >= 11 is 0. The van der Waals surface area contributed by atoms with Gasteiger partial charge in [0.2, 0.25) is 15.9 Å². The van der Waals surface area contributed by atoms with Crippen LogP contribution < -0.4 is 15.4 Å². The predicted octanol–water partition coefficient (Wildman–Crippen LogP) is 2.47. The van der Waals surface area contributed by atoms with Crippen LogP contribution in [-0.4, -0.2) is 51.3 Å². The summed E-state index contributed by atoms with van der Waals surface area (Å²) in [5.41, 5.74) is 2.82. The van der Waals surface area contributed by atoms with Crippen molar-refractivity contribution in [2.24, 2.45) is 0 Å². The monoisotopic (exact) mass is 445 g/mol. The third-order valence-corrected chi connectivity index (χ3v) is 7.32. The normalized spacial score (nSPS) is 14.3. The van der Waals surface area contributed by atoms with Crippen LogP contribution in [0.4, 0.5) is 5.69 Å². The van der Waals surface area contributed by atoms with Gasteiger partial charge in [-0.25, -0.2) is 8.42 Å². The summed E-state index contributed by atoms with van der Waals surface area (Å²) in [5, 5.41) is 5.31. The van der Waals surface area contributed by atoms with Crippen molar-refractivity contribution in [1.82, 2.24) is 9.62 Å². The van der Waals surface area contributed by atoms with E-state index in [1.165, 1.54) is 29.6 Å². The van der Waals surface area contributed by atoms with Crippen LogP contribution in [0.25, 0.3) is 0 Å². The summed E-state index contributed by atoms with van der Waals surface area (Å²) in [6.07, 6.45) is 1.61. The SMILES string of the molecule is COc1ccc(C(=O)NCC(=O)Nc2cccc(C)c2C)cc1S(=O)(=O)N1CCCC1. The van der Waals surface area contributed by atoms with Crippen LogP contribution >= 0.6 is 0 Å². The van der Waals surface area contributed by atoms with Gasteiger partial charge in [0, 0.05) is 24.3 Å². The second-order valence-electron chi connectivity index (χ2n) is 7.46. The molecule has 0 spiro atoms. The fraction of sp³-hybridized carbons (Fsp3) is 0.364. The molecule has 0 unspecified atom stereocenters. The van der Waals surface area contributed by atoms with E-state index < -0.39 is 15.9 Å². The fourth-order valence-corrected chi connectivity index (χ4v) is 5.13. The van der Waals surface area contributed by atoms with Gasteiger partial charge in [0.1, 0.15) is 10.6 Å². The van der Waals surface area contributed by atoms with Crippen molar-refractivity contribution in [1.29, 1.82) is 0 Å². The summed E-state index contributed by atoms with van der Waals surface area (Å²) in [4.78, 5) is 24.8. The van der Waals surface area contributed by atoms with Crippen LogP contribution in [-0.2, 0) is 14.8 Å². The Balaban J connectivity index is 1.71. The van der Waals surface area contributed by atoms with Crippen LogP contribution in [0.15, 0.2) is 41.3 Å². The Morgan fingerprint density at radius 1 is 1.10 bits per heavy atom. The molecule has 2 amide bonds. The molecule has 9 heteroatoms. The number of methoxy groups -OCH3 is 1. The summed E-state index contributed by atoms with van der Waals surface area (Å²) in [6, 6.07) is 9.81. The lowest BCUT2D eigenvalue weighted by atomic mass is 10.1. The average Bonchev–Trinajstić information content (AvgIpc) is 3.30. The smallest absolute Gasteiger partial charge is 0.251 e. The van der Waals surface area contributed by atoms with Crippen molar-refractivity contribution in [3.8, 4) is 5.75 Å². The van der Waals surface area contributed by atoms with Gasteiger partial charge in [-0.1, -0.05) is 12.1 Å². The minimum absolute atomic E-state index is 0.0515. The molecule has 8 nitrogen and oxygen atoms in total. The van der Waals surface area contributed by atoms with Crippen molar-refractivity contribution in [2.45, 2.75) is 31.6 Å². The van der Waals surface area contributed by atoms with Gasteiger partial charge in [-0.3, -0.25) is 9.59 Å². The first-order chi connectivity index (χ1) is 14.7. The van der Waals surface area contributed by atoms with E-state index in [1.807, 2.05) is 26.0 Å². The zero-order chi connectivity index (χ0) is 22.6. The highest BCUT2D eigenvalue weighted by atomic mass is 32.2. The Labute approximate surface area is 182 Å². The number of carbonyl (C=O) groups excluding carboxylic acids is 2. The molecule has 0 saturated carbocycles. The zero-order valence-electron chi connectivity index (χ0n) is 17.9.